The predicted molar refractivity (Wildman–Crippen MR) is 389 cm³/mol. The van der Waals surface area contributed by atoms with Crippen LogP contribution >= 0.6 is 11.8 Å². The summed E-state index contributed by atoms with van der Waals surface area (Å²) in [6.07, 6.45) is 8.64. The Morgan fingerprint density at radius 1 is 0.443 bits per heavy atom. The van der Waals surface area contributed by atoms with Gasteiger partial charge in [-0.1, -0.05) is 207 Å². The van der Waals surface area contributed by atoms with E-state index in [0.717, 1.165) is 106 Å². The molecule has 0 radical (unpaired) electrons. The fourth-order valence-electron chi connectivity index (χ4n) is 12.5. The van der Waals surface area contributed by atoms with Gasteiger partial charge in [0.1, 0.15) is 5.71 Å². The van der Waals surface area contributed by atoms with Gasteiger partial charge in [-0.05, 0) is 177 Å². The van der Waals surface area contributed by atoms with Gasteiger partial charge in [-0.25, -0.2) is 14.4 Å². The lowest BCUT2D eigenvalue weighted by Gasteiger charge is -2.32. The number of carbonyl (C=O) groups is 6. The van der Waals surface area contributed by atoms with Gasteiger partial charge in [0, 0.05) is 85.2 Å². The molecule has 10 aromatic rings. The van der Waals surface area contributed by atoms with Gasteiger partial charge >= 0.3 is 17.9 Å². The molecule has 0 bridgehead atoms. The number of Topliss-reactive ketones (excluding diaryl/α,β-unsaturated/α-hetero) is 2. The van der Waals surface area contributed by atoms with E-state index in [0.29, 0.717) is 45.5 Å². The van der Waals surface area contributed by atoms with Crippen LogP contribution in [-0.2, 0) is 36.1 Å². The molecule has 0 spiro atoms. The van der Waals surface area contributed by atoms with Crippen molar-refractivity contribution in [1.82, 2.24) is 4.57 Å². The van der Waals surface area contributed by atoms with Crippen LogP contribution in [0.3, 0.4) is 0 Å². The minimum Gasteiger partial charge on any atom is -0.341 e. The molecule has 0 amide bonds. The third-order valence-electron chi connectivity index (χ3n) is 17.2. The molecule has 11 rings (SSSR count). The van der Waals surface area contributed by atoms with Gasteiger partial charge in [0.2, 0.25) is 11.6 Å². The number of aryl methyl sites for hydroxylation is 3. The van der Waals surface area contributed by atoms with E-state index in [1.54, 1.807) is 55.1 Å². The Morgan fingerprint density at radius 3 is 1.60 bits per heavy atom. The van der Waals surface area contributed by atoms with Crippen molar-refractivity contribution in [2.75, 3.05) is 0 Å². The van der Waals surface area contributed by atoms with E-state index in [4.69, 9.17) is 14.5 Å². The van der Waals surface area contributed by atoms with Gasteiger partial charge in [-0.2, -0.15) is 0 Å². The van der Waals surface area contributed by atoms with Crippen LogP contribution in [0.2, 0.25) is 0 Å². The third kappa shape index (κ3) is 17.2. The summed E-state index contributed by atoms with van der Waals surface area (Å²) in [5.41, 5.74) is 14.3. The molecule has 1 aliphatic rings. The molecule has 1 aliphatic carbocycles. The molecule has 0 unspecified atom stereocenters. The average Bonchev–Trinajstić information content (AvgIpc) is 1.53. The van der Waals surface area contributed by atoms with E-state index in [1.165, 1.54) is 36.1 Å². The Balaban J connectivity index is 0.000000171. The number of fused-ring (bicyclic) bond motifs is 6. The van der Waals surface area contributed by atoms with Crippen LogP contribution in [0.4, 0.5) is 0 Å². The van der Waals surface area contributed by atoms with Crippen LogP contribution < -0.4 is 0 Å². The summed E-state index contributed by atoms with van der Waals surface area (Å²) in [5.74, 6) is -2.04. The van der Waals surface area contributed by atoms with Crippen LogP contribution in [0.1, 0.15) is 187 Å². The van der Waals surface area contributed by atoms with Crippen LogP contribution in [0.15, 0.2) is 238 Å². The van der Waals surface area contributed by atoms with E-state index in [1.807, 2.05) is 159 Å². The number of unbranched alkanes of at least 4 members (excludes halogenated alkanes) is 3. The topological polar surface area (TPSA) is 172 Å². The maximum absolute atomic E-state index is 13.8. The van der Waals surface area contributed by atoms with Crippen molar-refractivity contribution in [2.24, 2.45) is 15.5 Å². The Morgan fingerprint density at radius 2 is 0.979 bits per heavy atom. The first-order chi connectivity index (χ1) is 47.0. The summed E-state index contributed by atoms with van der Waals surface area (Å²) in [6, 6.07) is 67.9. The molecule has 1 heterocycles. The van der Waals surface area contributed by atoms with Crippen LogP contribution in [0.5, 0.6) is 0 Å². The van der Waals surface area contributed by atoms with Crippen molar-refractivity contribution in [2.45, 2.75) is 142 Å². The molecule has 0 atom stereocenters. The van der Waals surface area contributed by atoms with Gasteiger partial charge in [-0.15, -0.1) is 0 Å². The SMILES string of the molecule is CCCC1(CCC)c2ccccc2-c2ccc(C(=O)/C(=N/OC(C)=O)c3ccccc3C)cc21.CCCCCC/C(=N/OC(=O)c1ccccc1)C(=O)c1ccc(Sc2ccccc2)cc1.CCn1c2ccc(C(=O)c3ccccc3C)cc2c2cc(/C(C)=N/OC(C)=O)ccc21. The van der Waals surface area contributed by atoms with Crippen LogP contribution in [0.25, 0.3) is 32.9 Å². The first kappa shape index (κ1) is 70.9. The summed E-state index contributed by atoms with van der Waals surface area (Å²) in [7, 11) is 0. The van der Waals surface area contributed by atoms with Crippen LogP contribution in [-0.4, -0.2) is 57.0 Å². The average molecular weight is 1310 g/mol. The molecule has 494 valence electrons. The Labute approximate surface area is 572 Å². The van der Waals surface area contributed by atoms with E-state index >= 15 is 0 Å². The van der Waals surface area contributed by atoms with Crippen molar-refractivity contribution in [3.63, 3.8) is 0 Å². The zero-order chi connectivity index (χ0) is 69.0. The second-order valence-corrected chi connectivity index (χ2v) is 25.2. The lowest BCUT2D eigenvalue weighted by Crippen LogP contribution is -2.26. The molecule has 0 aliphatic heterocycles. The molecular weight excluding hydrogens is 1230 g/mol. The highest BCUT2D eigenvalue weighted by Crippen LogP contribution is 2.54. The number of hydrogen-bond donors (Lipinski definition) is 0. The summed E-state index contributed by atoms with van der Waals surface area (Å²) < 4.78 is 2.23. The maximum atomic E-state index is 13.8. The Bertz CT molecular complexity index is 4580. The molecular formula is C83H82N4O9S. The zero-order valence-electron chi connectivity index (χ0n) is 56.6. The molecule has 0 fully saturated rings. The van der Waals surface area contributed by atoms with Gasteiger partial charge in [0.05, 0.1) is 11.3 Å². The highest BCUT2D eigenvalue weighted by molar-refractivity contribution is 7.99. The molecule has 9 aromatic carbocycles. The lowest BCUT2D eigenvalue weighted by molar-refractivity contribution is -0.141. The molecule has 97 heavy (non-hydrogen) atoms. The lowest BCUT2D eigenvalue weighted by atomic mass is 9.71. The first-order valence-electron chi connectivity index (χ1n) is 33.2. The van der Waals surface area contributed by atoms with Gasteiger partial charge in [-0.3, -0.25) is 14.4 Å². The summed E-state index contributed by atoms with van der Waals surface area (Å²) in [6.45, 7) is 17.8. The normalized spacial score (nSPS) is 12.3. The number of nitrogens with zero attached hydrogens (tertiary/aromatic N) is 4. The minimum absolute atomic E-state index is 0.0150. The summed E-state index contributed by atoms with van der Waals surface area (Å²) in [4.78, 5) is 91.9. The number of carbonyl (C=O) groups excluding carboxylic acids is 6. The molecule has 0 saturated heterocycles. The molecule has 14 heteroatoms. The van der Waals surface area contributed by atoms with E-state index < -0.39 is 17.9 Å². The number of oxime groups is 3. The van der Waals surface area contributed by atoms with Gasteiger partial charge < -0.3 is 19.1 Å². The summed E-state index contributed by atoms with van der Waals surface area (Å²) in [5, 5.41) is 13.9. The largest absolute Gasteiger partial charge is 0.365 e. The minimum atomic E-state index is -0.570. The smallest absolute Gasteiger partial charge is 0.341 e. The predicted octanol–water partition coefficient (Wildman–Crippen LogP) is 19.9. The molecule has 0 N–H and O–H groups in total. The molecule has 1 aromatic heterocycles. The van der Waals surface area contributed by atoms with Crippen molar-refractivity contribution in [1.29, 1.82) is 0 Å². The first-order valence-corrected chi connectivity index (χ1v) is 34.0. The third-order valence-corrected chi connectivity index (χ3v) is 18.2. The fourth-order valence-corrected chi connectivity index (χ4v) is 13.3. The van der Waals surface area contributed by atoms with Gasteiger partial charge in [0.25, 0.3) is 0 Å². The van der Waals surface area contributed by atoms with Crippen molar-refractivity contribution >= 4 is 86.0 Å². The highest BCUT2D eigenvalue weighted by atomic mass is 32.2. The van der Waals surface area contributed by atoms with Gasteiger partial charge in [0.15, 0.2) is 11.5 Å². The fraction of sp³-hybridized carbons (Fsp3) is 0.241. The van der Waals surface area contributed by atoms with Crippen molar-refractivity contribution in [3.8, 4) is 11.1 Å². The number of rotatable bonds is 24. The van der Waals surface area contributed by atoms with E-state index in [2.05, 4.69) is 78.1 Å². The van der Waals surface area contributed by atoms with E-state index in [-0.39, 0.29) is 34.2 Å². The monoisotopic (exact) mass is 1310 g/mol. The molecule has 0 saturated carbocycles. The number of hydrogen-bond acceptors (Lipinski definition) is 13. The van der Waals surface area contributed by atoms with Crippen LogP contribution in [0, 0.1) is 13.8 Å². The Hall–Kier alpha value is -10.4. The second-order valence-electron chi connectivity index (χ2n) is 24.0. The van der Waals surface area contributed by atoms with Crippen molar-refractivity contribution in [3.05, 3.63) is 274 Å². The number of ketones is 3. The quantitative estimate of drug-likeness (QED) is 0.0186. The van der Waals surface area contributed by atoms with Crippen molar-refractivity contribution < 1.29 is 43.3 Å². The standard InChI is InChI=1S/C30H31NO3.C27H27NO3S.C26H24N2O3/c1-5-17-30(18-6-2)26-14-10-9-13-24(26)25-16-15-22(19-27(25)30)29(33)28(31-34-21(4)32)23-12-8-7-11-20(23)3;1-2-3-4-11-16-25(28-31-27(30)22-12-7-5-8-13-22)26(29)21-17-19-24(20-18-21)32-23-14-9-6-10-15-23;1-5-28-24-12-10-19(17(3)27-31-18(4)29)14-22(24)23-15-20(11-13-25(23)28)26(30)21-9-7-6-8-16(21)2/h7-16,19H,5-6,17-18H2,1-4H3;5-10,12-15,17-20H,2-4,11,16H2,1H3;6-15H,5H2,1-4H3/b31-28+;28-25-;27-17+. The Kier molecular flexibility index (Phi) is 24.7. The maximum Gasteiger partial charge on any atom is 0.365 e. The molecule has 13 nitrogen and oxygen atoms in total. The number of aromatic nitrogens is 1. The zero-order valence-corrected chi connectivity index (χ0v) is 57.5. The number of benzene rings is 9. The second kappa shape index (κ2) is 33.8. The van der Waals surface area contributed by atoms with E-state index in [9.17, 15) is 28.8 Å². The summed E-state index contributed by atoms with van der Waals surface area (Å²) >= 11 is 1.64. The highest BCUT2D eigenvalue weighted by Gasteiger charge is 2.42.